The van der Waals surface area contributed by atoms with Crippen molar-refractivity contribution >= 4 is 49.4 Å². The summed E-state index contributed by atoms with van der Waals surface area (Å²) >= 11 is 6.74. The van der Waals surface area contributed by atoms with Crippen molar-refractivity contribution in [3.8, 4) is 5.75 Å². The van der Waals surface area contributed by atoms with Crippen LogP contribution in [0.3, 0.4) is 0 Å². The molecule has 0 saturated carbocycles. The van der Waals surface area contributed by atoms with Crippen LogP contribution in [0.2, 0.25) is 0 Å². The average Bonchev–Trinajstić information content (AvgIpc) is 2.55. The molecule has 0 atom stereocenters. The number of halogens is 2. The number of hydrogen-bond acceptors (Lipinski definition) is 3. The standard InChI is InChI=1S/C18H18Br2N2O3/c1-22(2)18(24)9-12-3-6-14(7-4-12)21-17(23)11-25-16-8-5-13(19)10-15(16)20/h3-8,10H,9,11H2,1-2H3,(H,21,23). The Balaban J connectivity index is 1.87. The molecule has 0 aliphatic heterocycles. The van der Waals surface area contributed by atoms with Gasteiger partial charge in [0.25, 0.3) is 5.91 Å². The molecule has 0 saturated heterocycles. The maximum Gasteiger partial charge on any atom is 0.262 e. The first-order chi connectivity index (χ1) is 11.8. The summed E-state index contributed by atoms with van der Waals surface area (Å²) in [6.07, 6.45) is 0.335. The molecule has 132 valence electrons. The molecule has 1 N–H and O–H groups in total. The molecule has 2 aromatic carbocycles. The smallest absolute Gasteiger partial charge is 0.262 e. The Morgan fingerprint density at radius 2 is 1.76 bits per heavy atom. The van der Waals surface area contributed by atoms with Gasteiger partial charge in [0.2, 0.25) is 5.91 Å². The average molecular weight is 470 g/mol. The van der Waals surface area contributed by atoms with E-state index in [9.17, 15) is 9.59 Å². The minimum atomic E-state index is -0.257. The molecule has 2 amide bonds. The van der Waals surface area contributed by atoms with E-state index >= 15 is 0 Å². The third-order valence-electron chi connectivity index (χ3n) is 3.34. The molecule has 0 bridgehead atoms. The molecule has 25 heavy (non-hydrogen) atoms. The SMILES string of the molecule is CN(C)C(=O)Cc1ccc(NC(=O)COc2ccc(Br)cc2Br)cc1. The van der Waals surface area contributed by atoms with Crippen LogP contribution < -0.4 is 10.1 Å². The second-order valence-electron chi connectivity index (χ2n) is 5.57. The van der Waals surface area contributed by atoms with Gasteiger partial charge < -0.3 is 15.0 Å². The van der Waals surface area contributed by atoms with Gasteiger partial charge in [0, 0.05) is 24.3 Å². The van der Waals surface area contributed by atoms with E-state index in [0.717, 1.165) is 14.5 Å². The van der Waals surface area contributed by atoms with Gasteiger partial charge in [-0.25, -0.2) is 0 Å². The number of rotatable bonds is 6. The predicted octanol–water partition coefficient (Wildman–Crippen LogP) is 3.86. The number of benzene rings is 2. The highest BCUT2D eigenvalue weighted by Gasteiger charge is 2.08. The number of hydrogen-bond donors (Lipinski definition) is 1. The molecule has 0 heterocycles. The van der Waals surface area contributed by atoms with Crippen LogP contribution in [0.4, 0.5) is 5.69 Å². The third-order valence-corrected chi connectivity index (χ3v) is 4.46. The number of nitrogens with zero attached hydrogens (tertiary/aromatic N) is 1. The van der Waals surface area contributed by atoms with Gasteiger partial charge in [0.05, 0.1) is 10.9 Å². The Hall–Kier alpha value is -1.86. The van der Waals surface area contributed by atoms with Crippen molar-refractivity contribution in [1.29, 1.82) is 0 Å². The summed E-state index contributed by atoms with van der Waals surface area (Å²) in [6.45, 7) is -0.0961. The van der Waals surface area contributed by atoms with Crippen molar-refractivity contribution in [3.63, 3.8) is 0 Å². The molecule has 0 fully saturated rings. The summed E-state index contributed by atoms with van der Waals surface area (Å²) in [4.78, 5) is 25.2. The van der Waals surface area contributed by atoms with Crippen LogP contribution in [0.5, 0.6) is 5.75 Å². The van der Waals surface area contributed by atoms with E-state index in [4.69, 9.17) is 4.74 Å². The fraction of sp³-hybridized carbons (Fsp3) is 0.222. The van der Waals surface area contributed by atoms with Crippen LogP contribution >= 0.6 is 31.9 Å². The maximum atomic E-state index is 12.0. The molecule has 7 heteroatoms. The van der Waals surface area contributed by atoms with Gasteiger partial charge in [0.15, 0.2) is 6.61 Å². The molecule has 0 aliphatic rings. The number of carbonyl (C=O) groups is 2. The Bertz CT molecular complexity index is 761. The van der Waals surface area contributed by atoms with E-state index in [1.807, 2.05) is 24.3 Å². The molecular weight excluding hydrogens is 452 g/mol. The number of carbonyl (C=O) groups excluding carboxylic acids is 2. The van der Waals surface area contributed by atoms with E-state index < -0.39 is 0 Å². The van der Waals surface area contributed by atoms with Gasteiger partial charge in [-0.1, -0.05) is 28.1 Å². The minimum Gasteiger partial charge on any atom is -0.483 e. The van der Waals surface area contributed by atoms with Gasteiger partial charge in [-0.05, 0) is 51.8 Å². The molecule has 0 radical (unpaired) electrons. The third kappa shape index (κ3) is 6.17. The molecule has 0 unspecified atom stereocenters. The monoisotopic (exact) mass is 468 g/mol. The number of ether oxygens (including phenoxy) is 1. The Morgan fingerprint density at radius 3 is 2.36 bits per heavy atom. The quantitative estimate of drug-likeness (QED) is 0.698. The minimum absolute atomic E-state index is 0.0326. The Kier molecular flexibility index (Phi) is 7.01. The first kappa shape index (κ1) is 19.5. The zero-order valence-corrected chi connectivity index (χ0v) is 17.1. The summed E-state index contributed by atoms with van der Waals surface area (Å²) in [6, 6.07) is 12.6. The molecule has 0 aromatic heterocycles. The van der Waals surface area contributed by atoms with Crippen LogP contribution in [0.1, 0.15) is 5.56 Å². The van der Waals surface area contributed by atoms with Crippen LogP contribution in [-0.4, -0.2) is 37.4 Å². The zero-order valence-electron chi connectivity index (χ0n) is 13.9. The van der Waals surface area contributed by atoms with E-state index in [2.05, 4.69) is 37.2 Å². The highest BCUT2D eigenvalue weighted by atomic mass is 79.9. The molecule has 2 aromatic rings. The fourth-order valence-electron chi connectivity index (χ4n) is 1.97. The van der Waals surface area contributed by atoms with Gasteiger partial charge >= 0.3 is 0 Å². The normalized spacial score (nSPS) is 10.2. The number of nitrogens with one attached hydrogen (secondary N) is 1. The largest absolute Gasteiger partial charge is 0.483 e. The summed E-state index contributed by atoms with van der Waals surface area (Å²) in [7, 11) is 3.45. The summed E-state index contributed by atoms with van der Waals surface area (Å²) < 4.78 is 7.19. The van der Waals surface area contributed by atoms with Crippen LogP contribution in [0.25, 0.3) is 0 Å². The number of anilines is 1. The van der Waals surface area contributed by atoms with E-state index in [0.29, 0.717) is 17.9 Å². The van der Waals surface area contributed by atoms with E-state index in [1.54, 1.807) is 37.2 Å². The van der Waals surface area contributed by atoms with Crippen LogP contribution in [-0.2, 0) is 16.0 Å². The topological polar surface area (TPSA) is 58.6 Å². The van der Waals surface area contributed by atoms with Crippen molar-refractivity contribution < 1.29 is 14.3 Å². The Morgan fingerprint density at radius 1 is 1.08 bits per heavy atom. The molecule has 0 aliphatic carbocycles. The lowest BCUT2D eigenvalue weighted by Crippen LogP contribution is -2.23. The first-order valence-corrected chi connectivity index (χ1v) is 9.10. The number of likely N-dealkylation sites (N-methyl/N-ethyl adjacent to an activating group) is 1. The molecule has 2 rings (SSSR count). The van der Waals surface area contributed by atoms with Gasteiger partial charge in [-0.2, -0.15) is 0 Å². The lowest BCUT2D eigenvalue weighted by Gasteiger charge is -2.11. The predicted molar refractivity (Wildman–Crippen MR) is 105 cm³/mol. The maximum absolute atomic E-state index is 12.0. The number of amides is 2. The second kappa shape index (κ2) is 9.01. The first-order valence-electron chi connectivity index (χ1n) is 7.52. The molecule has 0 spiro atoms. The Labute approximate surface area is 163 Å². The van der Waals surface area contributed by atoms with Crippen LogP contribution in [0.15, 0.2) is 51.4 Å². The van der Waals surface area contributed by atoms with Crippen molar-refractivity contribution in [2.45, 2.75) is 6.42 Å². The van der Waals surface area contributed by atoms with Crippen molar-refractivity contribution in [3.05, 3.63) is 57.0 Å². The van der Waals surface area contributed by atoms with E-state index in [1.165, 1.54) is 0 Å². The van der Waals surface area contributed by atoms with Crippen molar-refractivity contribution in [2.75, 3.05) is 26.0 Å². The van der Waals surface area contributed by atoms with Gasteiger partial charge in [-0.15, -0.1) is 0 Å². The summed E-state index contributed by atoms with van der Waals surface area (Å²) in [5, 5.41) is 2.76. The van der Waals surface area contributed by atoms with Crippen molar-refractivity contribution in [1.82, 2.24) is 4.90 Å². The molecule has 5 nitrogen and oxygen atoms in total. The lowest BCUT2D eigenvalue weighted by atomic mass is 10.1. The van der Waals surface area contributed by atoms with Gasteiger partial charge in [0.1, 0.15) is 5.75 Å². The summed E-state index contributed by atoms with van der Waals surface area (Å²) in [5.41, 5.74) is 1.55. The lowest BCUT2D eigenvalue weighted by molar-refractivity contribution is -0.128. The highest BCUT2D eigenvalue weighted by Crippen LogP contribution is 2.28. The summed E-state index contributed by atoms with van der Waals surface area (Å²) in [5.74, 6) is 0.369. The highest BCUT2D eigenvalue weighted by molar-refractivity contribution is 9.11. The van der Waals surface area contributed by atoms with Crippen LogP contribution in [0, 0.1) is 0 Å². The zero-order chi connectivity index (χ0) is 18.4. The second-order valence-corrected chi connectivity index (χ2v) is 7.34. The van der Waals surface area contributed by atoms with Crippen molar-refractivity contribution in [2.24, 2.45) is 0 Å². The fourth-order valence-corrected chi connectivity index (χ4v) is 3.13. The van der Waals surface area contributed by atoms with Gasteiger partial charge in [-0.3, -0.25) is 9.59 Å². The van der Waals surface area contributed by atoms with E-state index in [-0.39, 0.29) is 18.4 Å². The molecular formula is C18H18Br2N2O3.